The minimum atomic E-state index is 0.122. The van der Waals surface area contributed by atoms with Crippen LogP contribution in [0.4, 0.5) is 0 Å². The normalized spacial score (nSPS) is 17.3. The molecule has 5 heteroatoms. The van der Waals surface area contributed by atoms with Crippen LogP contribution in [0, 0.1) is 0 Å². The number of carbonyl (C=O) groups excluding carboxylic acids is 2. The van der Waals surface area contributed by atoms with E-state index < -0.39 is 0 Å². The van der Waals surface area contributed by atoms with Crippen LogP contribution < -0.4 is 0 Å². The van der Waals surface area contributed by atoms with Crippen LogP contribution in [0.25, 0.3) is 0 Å². The monoisotopic (exact) mass is 263 g/mol. The van der Waals surface area contributed by atoms with Crippen molar-refractivity contribution >= 4 is 11.7 Å². The molecule has 1 aliphatic rings. The molecule has 1 aromatic heterocycles. The van der Waals surface area contributed by atoms with Crippen molar-refractivity contribution in [3.63, 3.8) is 0 Å². The number of ketones is 1. The molecule has 0 aromatic carbocycles. The van der Waals surface area contributed by atoms with Crippen LogP contribution in [0.3, 0.4) is 0 Å². The van der Waals surface area contributed by atoms with E-state index in [4.69, 9.17) is 0 Å². The molecule has 0 spiro atoms. The number of hydrogen-bond donors (Lipinski definition) is 0. The molecule has 19 heavy (non-hydrogen) atoms. The van der Waals surface area contributed by atoms with E-state index in [9.17, 15) is 9.59 Å². The molecule has 1 aromatic rings. The summed E-state index contributed by atoms with van der Waals surface area (Å²) in [5, 5.41) is 0. The zero-order valence-corrected chi connectivity index (χ0v) is 11.6. The Morgan fingerprint density at radius 2 is 2.00 bits per heavy atom. The van der Waals surface area contributed by atoms with Crippen molar-refractivity contribution in [1.82, 2.24) is 14.4 Å². The summed E-state index contributed by atoms with van der Waals surface area (Å²) in [6.45, 7) is 5.21. The molecule has 5 nitrogen and oxygen atoms in total. The smallest absolute Gasteiger partial charge is 0.219 e. The van der Waals surface area contributed by atoms with Crippen molar-refractivity contribution < 1.29 is 9.59 Å². The Balaban J connectivity index is 1.89. The van der Waals surface area contributed by atoms with E-state index in [-0.39, 0.29) is 11.7 Å². The van der Waals surface area contributed by atoms with Crippen molar-refractivity contribution in [1.29, 1.82) is 0 Å². The van der Waals surface area contributed by atoms with Gasteiger partial charge < -0.3 is 9.47 Å². The van der Waals surface area contributed by atoms with Crippen LogP contribution in [-0.2, 0) is 11.8 Å². The maximum Gasteiger partial charge on any atom is 0.219 e. The molecule has 1 fully saturated rings. The van der Waals surface area contributed by atoms with E-state index in [0.29, 0.717) is 6.54 Å². The first kappa shape index (κ1) is 13.8. The van der Waals surface area contributed by atoms with Gasteiger partial charge in [-0.25, -0.2) is 0 Å². The highest BCUT2D eigenvalue weighted by atomic mass is 16.2. The number of carbonyl (C=O) groups is 2. The van der Waals surface area contributed by atoms with Gasteiger partial charge in [0, 0.05) is 58.1 Å². The second-order valence-electron chi connectivity index (χ2n) is 5.12. The third-order valence-electron chi connectivity index (χ3n) is 3.55. The fraction of sp³-hybridized carbons (Fsp3) is 0.571. The molecule has 2 rings (SSSR count). The zero-order chi connectivity index (χ0) is 13.8. The van der Waals surface area contributed by atoms with Gasteiger partial charge in [0.2, 0.25) is 5.91 Å². The number of aromatic nitrogens is 1. The average molecular weight is 263 g/mol. The molecule has 1 saturated heterocycles. The maximum atomic E-state index is 12.1. The van der Waals surface area contributed by atoms with Gasteiger partial charge in [0.15, 0.2) is 5.78 Å². The van der Waals surface area contributed by atoms with E-state index >= 15 is 0 Å². The Bertz CT molecular complexity index is 467. The summed E-state index contributed by atoms with van der Waals surface area (Å²) in [7, 11) is 1.91. The fourth-order valence-electron chi connectivity index (χ4n) is 2.41. The second-order valence-corrected chi connectivity index (χ2v) is 5.12. The topological polar surface area (TPSA) is 45.6 Å². The highest BCUT2D eigenvalue weighted by Gasteiger charge is 2.19. The third-order valence-corrected chi connectivity index (χ3v) is 3.55. The van der Waals surface area contributed by atoms with E-state index in [1.807, 2.05) is 35.0 Å². The molecule has 0 atom stereocenters. The first-order valence-electron chi connectivity index (χ1n) is 6.69. The highest BCUT2D eigenvalue weighted by molar-refractivity contribution is 5.97. The van der Waals surface area contributed by atoms with Crippen molar-refractivity contribution in [2.75, 3.05) is 32.7 Å². The van der Waals surface area contributed by atoms with Gasteiger partial charge >= 0.3 is 0 Å². The number of rotatable bonds is 3. The average Bonchev–Trinajstić information content (AvgIpc) is 2.65. The highest BCUT2D eigenvalue weighted by Crippen LogP contribution is 2.07. The SMILES string of the molecule is CC(=O)N1CCCN(CC(=O)c2ccn(C)c2)CC1. The summed E-state index contributed by atoms with van der Waals surface area (Å²) in [5.41, 5.74) is 0.759. The fourth-order valence-corrected chi connectivity index (χ4v) is 2.41. The van der Waals surface area contributed by atoms with Crippen LogP contribution >= 0.6 is 0 Å². The molecular formula is C14H21N3O2. The lowest BCUT2D eigenvalue weighted by molar-refractivity contribution is -0.128. The van der Waals surface area contributed by atoms with E-state index in [1.54, 1.807) is 6.92 Å². The number of hydrogen-bond acceptors (Lipinski definition) is 3. The van der Waals surface area contributed by atoms with Crippen LogP contribution in [0.1, 0.15) is 23.7 Å². The second kappa shape index (κ2) is 6.02. The van der Waals surface area contributed by atoms with Crippen LogP contribution in [0.5, 0.6) is 0 Å². The van der Waals surface area contributed by atoms with Gasteiger partial charge in [-0.1, -0.05) is 0 Å². The summed E-state index contributed by atoms with van der Waals surface area (Å²) in [5.74, 6) is 0.271. The van der Waals surface area contributed by atoms with E-state index in [1.165, 1.54) is 0 Å². The van der Waals surface area contributed by atoms with Crippen molar-refractivity contribution in [3.05, 3.63) is 24.0 Å². The molecule has 1 aliphatic heterocycles. The predicted octanol–water partition coefficient (Wildman–Crippen LogP) is 0.762. The van der Waals surface area contributed by atoms with Gasteiger partial charge in [0.05, 0.1) is 6.54 Å². The standard InChI is InChI=1S/C14H21N3O2/c1-12(18)17-6-3-5-16(8-9-17)11-14(19)13-4-7-15(2)10-13/h4,7,10H,3,5-6,8-9,11H2,1-2H3. The zero-order valence-electron chi connectivity index (χ0n) is 11.6. The molecule has 0 aliphatic carbocycles. The van der Waals surface area contributed by atoms with Crippen molar-refractivity contribution in [3.8, 4) is 0 Å². The molecule has 104 valence electrons. The molecule has 0 saturated carbocycles. The van der Waals surface area contributed by atoms with Crippen molar-refractivity contribution in [2.24, 2.45) is 7.05 Å². The number of amides is 1. The summed E-state index contributed by atoms with van der Waals surface area (Å²) in [6.07, 6.45) is 4.66. The van der Waals surface area contributed by atoms with Crippen LogP contribution in [0.15, 0.2) is 18.5 Å². The number of nitrogens with zero attached hydrogens (tertiary/aromatic N) is 3. The Kier molecular flexibility index (Phi) is 4.37. The maximum absolute atomic E-state index is 12.1. The molecule has 0 bridgehead atoms. The van der Waals surface area contributed by atoms with Gasteiger partial charge in [-0.3, -0.25) is 14.5 Å². The summed E-state index contributed by atoms with van der Waals surface area (Å²) >= 11 is 0. The molecule has 0 radical (unpaired) electrons. The molecule has 1 amide bonds. The third kappa shape index (κ3) is 3.67. The van der Waals surface area contributed by atoms with E-state index in [0.717, 1.165) is 38.2 Å². The van der Waals surface area contributed by atoms with Gasteiger partial charge in [-0.2, -0.15) is 0 Å². The first-order valence-corrected chi connectivity index (χ1v) is 6.69. The Labute approximate surface area is 113 Å². The number of Topliss-reactive ketones (excluding diaryl/α,β-unsaturated/α-hetero) is 1. The Hall–Kier alpha value is -1.62. The lowest BCUT2D eigenvalue weighted by Gasteiger charge is -2.20. The quantitative estimate of drug-likeness (QED) is 0.756. The Morgan fingerprint density at radius 3 is 2.63 bits per heavy atom. The molecule has 0 N–H and O–H groups in total. The molecule has 2 heterocycles. The largest absolute Gasteiger partial charge is 0.357 e. The molecule has 0 unspecified atom stereocenters. The van der Waals surface area contributed by atoms with Crippen LogP contribution in [-0.4, -0.2) is 58.8 Å². The summed E-state index contributed by atoms with van der Waals surface area (Å²) in [6, 6.07) is 1.85. The molecular weight excluding hydrogens is 242 g/mol. The Morgan fingerprint density at radius 1 is 1.21 bits per heavy atom. The predicted molar refractivity (Wildman–Crippen MR) is 73.1 cm³/mol. The number of aryl methyl sites for hydroxylation is 1. The van der Waals surface area contributed by atoms with Crippen molar-refractivity contribution in [2.45, 2.75) is 13.3 Å². The van der Waals surface area contributed by atoms with Gasteiger partial charge in [-0.15, -0.1) is 0 Å². The van der Waals surface area contributed by atoms with E-state index in [2.05, 4.69) is 4.90 Å². The summed E-state index contributed by atoms with van der Waals surface area (Å²) in [4.78, 5) is 27.5. The van der Waals surface area contributed by atoms with Crippen LogP contribution in [0.2, 0.25) is 0 Å². The van der Waals surface area contributed by atoms with Gasteiger partial charge in [-0.05, 0) is 12.5 Å². The first-order chi connectivity index (χ1) is 9.06. The lowest BCUT2D eigenvalue weighted by atomic mass is 10.2. The van der Waals surface area contributed by atoms with Gasteiger partial charge in [0.25, 0.3) is 0 Å². The lowest BCUT2D eigenvalue weighted by Crippen LogP contribution is -2.35. The van der Waals surface area contributed by atoms with Gasteiger partial charge in [0.1, 0.15) is 0 Å². The minimum absolute atomic E-state index is 0.122. The minimum Gasteiger partial charge on any atom is -0.357 e. The summed E-state index contributed by atoms with van der Waals surface area (Å²) < 4.78 is 1.88.